The summed E-state index contributed by atoms with van der Waals surface area (Å²) in [6.07, 6.45) is -1.11. The molecular formula is C12H27N3O3. The molecule has 3 N–H and O–H groups in total. The summed E-state index contributed by atoms with van der Waals surface area (Å²) in [6, 6.07) is 0. The lowest BCUT2D eigenvalue weighted by molar-refractivity contribution is -0.0665. The van der Waals surface area contributed by atoms with Gasteiger partial charge in [-0.15, -0.1) is 0 Å². The van der Waals surface area contributed by atoms with Crippen LogP contribution in [0.2, 0.25) is 0 Å². The fraction of sp³-hybridized carbons (Fsp3) is 1.00. The first-order valence-corrected chi connectivity index (χ1v) is 6.58. The number of β-amino-alcohol motifs (C(OH)–C–C–N with tert-alkyl or cyclic N) is 3. The van der Waals surface area contributed by atoms with Crippen LogP contribution in [0.1, 0.15) is 20.8 Å². The van der Waals surface area contributed by atoms with Gasteiger partial charge < -0.3 is 15.3 Å². The Hall–Kier alpha value is -0.240. The maximum Gasteiger partial charge on any atom is 0.0640 e. The molecule has 3 atom stereocenters. The second kappa shape index (κ2) is 7.37. The molecule has 0 spiro atoms. The molecule has 1 saturated heterocycles. The smallest absolute Gasteiger partial charge is 0.0640 e. The molecule has 0 bridgehead atoms. The SMILES string of the molecule is C[C@H](O)CN1CN(C[C@H](C)O)CN(C[C@H](C)O)C1. The Kier molecular flexibility index (Phi) is 6.48. The third kappa shape index (κ3) is 6.08. The van der Waals surface area contributed by atoms with E-state index >= 15 is 0 Å². The number of hydrogen-bond donors (Lipinski definition) is 3. The molecule has 0 aliphatic carbocycles. The second-order valence-corrected chi connectivity index (χ2v) is 5.53. The van der Waals surface area contributed by atoms with Crippen molar-refractivity contribution in [2.45, 2.75) is 39.1 Å². The molecule has 6 nitrogen and oxygen atoms in total. The van der Waals surface area contributed by atoms with Gasteiger partial charge in [0.15, 0.2) is 0 Å². The second-order valence-electron chi connectivity index (χ2n) is 5.53. The van der Waals surface area contributed by atoms with Crippen molar-refractivity contribution in [3.05, 3.63) is 0 Å². The largest absolute Gasteiger partial charge is 0.392 e. The zero-order valence-electron chi connectivity index (χ0n) is 11.7. The van der Waals surface area contributed by atoms with E-state index in [1.165, 1.54) is 0 Å². The highest BCUT2D eigenvalue weighted by atomic mass is 16.3. The zero-order chi connectivity index (χ0) is 13.7. The number of aliphatic hydroxyl groups excluding tert-OH is 3. The van der Waals surface area contributed by atoms with Crippen molar-refractivity contribution >= 4 is 0 Å². The van der Waals surface area contributed by atoms with Crippen molar-refractivity contribution in [2.24, 2.45) is 0 Å². The number of hydrogen-bond acceptors (Lipinski definition) is 6. The molecule has 108 valence electrons. The van der Waals surface area contributed by atoms with Gasteiger partial charge in [0.2, 0.25) is 0 Å². The van der Waals surface area contributed by atoms with E-state index in [9.17, 15) is 15.3 Å². The van der Waals surface area contributed by atoms with Crippen molar-refractivity contribution in [2.75, 3.05) is 39.6 Å². The molecule has 18 heavy (non-hydrogen) atoms. The highest BCUT2D eigenvalue weighted by molar-refractivity contribution is 4.73. The maximum atomic E-state index is 9.46. The Morgan fingerprint density at radius 3 is 1.06 bits per heavy atom. The summed E-state index contributed by atoms with van der Waals surface area (Å²) in [6.45, 7) is 9.35. The summed E-state index contributed by atoms with van der Waals surface area (Å²) in [5.74, 6) is 0. The van der Waals surface area contributed by atoms with Crippen molar-refractivity contribution in [1.82, 2.24) is 14.7 Å². The molecule has 0 saturated carbocycles. The van der Waals surface area contributed by atoms with Crippen LogP contribution in [0.3, 0.4) is 0 Å². The zero-order valence-corrected chi connectivity index (χ0v) is 11.7. The summed E-state index contributed by atoms with van der Waals surface area (Å²) in [4.78, 5) is 6.37. The molecule has 6 heteroatoms. The van der Waals surface area contributed by atoms with Crippen LogP contribution in [0.5, 0.6) is 0 Å². The standard InChI is InChI=1S/C12H27N3O3/c1-10(16)4-13-7-14(5-11(2)17)9-15(8-13)6-12(3)18/h10-12,16-18H,4-9H2,1-3H3/t10-,11-,12-/m0/s1. The van der Waals surface area contributed by atoms with E-state index in [2.05, 4.69) is 14.7 Å². The predicted molar refractivity (Wildman–Crippen MR) is 69.8 cm³/mol. The fourth-order valence-electron chi connectivity index (χ4n) is 2.45. The van der Waals surface area contributed by atoms with Crippen LogP contribution in [0.15, 0.2) is 0 Å². The van der Waals surface area contributed by atoms with E-state index in [1.54, 1.807) is 20.8 Å². The third-order valence-electron chi connectivity index (χ3n) is 2.77. The Morgan fingerprint density at radius 1 is 0.667 bits per heavy atom. The van der Waals surface area contributed by atoms with Gasteiger partial charge in [0.25, 0.3) is 0 Å². The van der Waals surface area contributed by atoms with Gasteiger partial charge in [-0.1, -0.05) is 0 Å². The van der Waals surface area contributed by atoms with E-state index in [4.69, 9.17) is 0 Å². The van der Waals surface area contributed by atoms with Crippen LogP contribution in [0.4, 0.5) is 0 Å². The predicted octanol–water partition coefficient (Wildman–Crippen LogP) is -1.08. The minimum atomic E-state index is -0.370. The summed E-state index contributed by atoms with van der Waals surface area (Å²) in [5, 5.41) is 28.4. The number of aliphatic hydroxyl groups is 3. The molecule has 0 unspecified atom stereocenters. The molecule has 1 aliphatic heterocycles. The van der Waals surface area contributed by atoms with Crippen molar-refractivity contribution in [3.8, 4) is 0 Å². The highest BCUT2D eigenvalue weighted by Crippen LogP contribution is 2.09. The van der Waals surface area contributed by atoms with Crippen LogP contribution in [0, 0.1) is 0 Å². The minimum absolute atomic E-state index is 0.370. The third-order valence-corrected chi connectivity index (χ3v) is 2.77. The maximum absolute atomic E-state index is 9.46. The molecule has 0 aromatic carbocycles. The molecule has 0 aromatic rings. The average molecular weight is 261 g/mol. The monoisotopic (exact) mass is 261 g/mol. The van der Waals surface area contributed by atoms with E-state index in [0.29, 0.717) is 19.6 Å². The molecule has 0 aromatic heterocycles. The van der Waals surface area contributed by atoms with Crippen LogP contribution in [-0.2, 0) is 0 Å². The summed E-state index contributed by atoms with van der Waals surface area (Å²) >= 11 is 0. The van der Waals surface area contributed by atoms with Gasteiger partial charge in [-0.3, -0.25) is 14.7 Å². The Labute approximate surface area is 109 Å². The molecular weight excluding hydrogens is 234 g/mol. The highest BCUT2D eigenvalue weighted by Gasteiger charge is 2.25. The Bertz CT molecular complexity index is 193. The molecule has 1 fully saturated rings. The van der Waals surface area contributed by atoms with Crippen LogP contribution in [-0.4, -0.2) is 88.0 Å². The van der Waals surface area contributed by atoms with Crippen molar-refractivity contribution < 1.29 is 15.3 Å². The van der Waals surface area contributed by atoms with E-state index in [1.807, 2.05) is 0 Å². The van der Waals surface area contributed by atoms with Gasteiger partial charge in [0.1, 0.15) is 0 Å². The van der Waals surface area contributed by atoms with Gasteiger partial charge in [-0.05, 0) is 20.8 Å². The molecule has 0 radical (unpaired) electrons. The molecule has 1 heterocycles. The number of rotatable bonds is 6. The van der Waals surface area contributed by atoms with Gasteiger partial charge in [-0.2, -0.15) is 0 Å². The van der Waals surface area contributed by atoms with E-state index < -0.39 is 0 Å². The number of nitrogens with zero attached hydrogens (tertiary/aromatic N) is 3. The lowest BCUT2D eigenvalue weighted by Gasteiger charge is -2.43. The first kappa shape index (κ1) is 15.8. The first-order chi connectivity index (χ1) is 8.36. The Morgan fingerprint density at radius 2 is 0.889 bits per heavy atom. The van der Waals surface area contributed by atoms with Gasteiger partial charge in [0, 0.05) is 19.6 Å². The molecule has 1 rings (SSSR count). The van der Waals surface area contributed by atoms with Crippen LogP contribution < -0.4 is 0 Å². The van der Waals surface area contributed by atoms with Crippen LogP contribution >= 0.6 is 0 Å². The van der Waals surface area contributed by atoms with Crippen LogP contribution in [0.25, 0.3) is 0 Å². The quantitative estimate of drug-likeness (QED) is 0.565. The first-order valence-electron chi connectivity index (χ1n) is 6.58. The summed E-state index contributed by atoms with van der Waals surface area (Å²) in [7, 11) is 0. The molecule has 1 aliphatic rings. The lowest BCUT2D eigenvalue weighted by atomic mass is 10.3. The topological polar surface area (TPSA) is 70.4 Å². The lowest BCUT2D eigenvalue weighted by Crippen LogP contribution is -2.58. The fourth-order valence-corrected chi connectivity index (χ4v) is 2.45. The Balaban J connectivity index is 2.54. The summed E-state index contributed by atoms with van der Waals surface area (Å²) < 4.78 is 0. The van der Waals surface area contributed by atoms with Crippen molar-refractivity contribution in [3.63, 3.8) is 0 Å². The average Bonchev–Trinajstić information content (AvgIpc) is 2.12. The molecule has 0 amide bonds. The van der Waals surface area contributed by atoms with Gasteiger partial charge in [0.05, 0.1) is 38.3 Å². The van der Waals surface area contributed by atoms with Gasteiger partial charge in [-0.25, -0.2) is 0 Å². The van der Waals surface area contributed by atoms with E-state index in [0.717, 1.165) is 20.0 Å². The van der Waals surface area contributed by atoms with E-state index in [-0.39, 0.29) is 18.3 Å². The van der Waals surface area contributed by atoms with Crippen molar-refractivity contribution in [1.29, 1.82) is 0 Å². The minimum Gasteiger partial charge on any atom is -0.392 e. The summed E-state index contributed by atoms with van der Waals surface area (Å²) in [5.41, 5.74) is 0. The normalized spacial score (nSPS) is 25.0. The van der Waals surface area contributed by atoms with Gasteiger partial charge >= 0.3 is 0 Å².